The van der Waals surface area contributed by atoms with Gasteiger partial charge in [-0.3, -0.25) is 9.20 Å². The van der Waals surface area contributed by atoms with Gasteiger partial charge in [0.15, 0.2) is 5.65 Å². The number of carbonyl (C=O) groups is 1. The number of rotatable bonds is 3. The van der Waals surface area contributed by atoms with E-state index < -0.39 is 5.97 Å². The second-order valence-electron chi connectivity index (χ2n) is 3.09. The van der Waals surface area contributed by atoms with Crippen molar-refractivity contribution in [3.05, 3.63) is 28.6 Å². The van der Waals surface area contributed by atoms with Crippen molar-refractivity contribution in [3.8, 4) is 0 Å². The molecule has 2 heterocycles. The van der Waals surface area contributed by atoms with Crippen LogP contribution in [0.25, 0.3) is 5.65 Å². The molecule has 2 aromatic heterocycles. The van der Waals surface area contributed by atoms with E-state index in [2.05, 4.69) is 26.1 Å². The average molecular weight is 270 g/mol. The average Bonchev–Trinajstić information content (AvgIpc) is 2.57. The molecule has 2 rings (SSSR count). The number of aromatic nitrogens is 3. The fourth-order valence-corrected chi connectivity index (χ4v) is 1.64. The topological polar surface area (TPSA) is 67.5 Å². The molecule has 0 fully saturated rings. The second-order valence-corrected chi connectivity index (χ2v) is 4.00. The lowest BCUT2D eigenvalue weighted by Crippen LogP contribution is -2.01. The van der Waals surface area contributed by atoms with Gasteiger partial charge >= 0.3 is 5.97 Å². The molecule has 6 heteroatoms. The Hall–Kier alpha value is -1.43. The molecule has 2 aromatic rings. The summed E-state index contributed by atoms with van der Waals surface area (Å²) in [5, 5.41) is 16.4. The van der Waals surface area contributed by atoms with Crippen LogP contribution >= 0.6 is 15.9 Å². The molecule has 0 radical (unpaired) electrons. The summed E-state index contributed by atoms with van der Waals surface area (Å²) in [6, 6.07) is 3.69. The molecule has 15 heavy (non-hydrogen) atoms. The zero-order chi connectivity index (χ0) is 10.8. The monoisotopic (exact) mass is 269 g/mol. The van der Waals surface area contributed by atoms with Crippen molar-refractivity contribution in [2.75, 3.05) is 0 Å². The summed E-state index contributed by atoms with van der Waals surface area (Å²) in [6.07, 6.45) is 2.27. The van der Waals surface area contributed by atoms with E-state index >= 15 is 0 Å². The third kappa shape index (κ3) is 2.15. The maximum atomic E-state index is 10.4. The van der Waals surface area contributed by atoms with Crippen molar-refractivity contribution in [2.45, 2.75) is 12.8 Å². The van der Waals surface area contributed by atoms with Crippen molar-refractivity contribution in [1.29, 1.82) is 0 Å². The van der Waals surface area contributed by atoms with Crippen LogP contribution in [0.1, 0.15) is 12.2 Å². The lowest BCUT2D eigenvalue weighted by Gasteiger charge is -1.98. The van der Waals surface area contributed by atoms with Crippen LogP contribution in [0.15, 0.2) is 22.8 Å². The second kappa shape index (κ2) is 3.98. The maximum Gasteiger partial charge on any atom is 0.303 e. The molecular weight excluding hydrogens is 262 g/mol. The molecule has 0 amide bonds. The normalized spacial score (nSPS) is 10.7. The van der Waals surface area contributed by atoms with Crippen LogP contribution in [0, 0.1) is 0 Å². The first kappa shape index (κ1) is 10.1. The van der Waals surface area contributed by atoms with E-state index in [9.17, 15) is 4.79 Å². The smallest absolute Gasteiger partial charge is 0.303 e. The van der Waals surface area contributed by atoms with Gasteiger partial charge in [0.1, 0.15) is 5.82 Å². The summed E-state index contributed by atoms with van der Waals surface area (Å²) >= 11 is 3.34. The Labute approximate surface area is 93.9 Å². The van der Waals surface area contributed by atoms with Gasteiger partial charge < -0.3 is 5.11 Å². The number of aryl methyl sites for hydroxylation is 1. The molecule has 0 aromatic carbocycles. The minimum atomic E-state index is -0.832. The van der Waals surface area contributed by atoms with Gasteiger partial charge in [0.25, 0.3) is 0 Å². The fraction of sp³-hybridized carbons (Fsp3) is 0.222. The Morgan fingerprint density at radius 3 is 3.00 bits per heavy atom. The first-order chi connectivity index (χ1) is 7.16. The van der Waals surface area contributed by atoms with Crippen molar-refractivity contribution < 1.29 is 9.90 Å². The van der Waals surface area contributed by atoms with E-state index in [0.29, 0.717) is 12.2 Å². The Bertz CT molecular complexity index is 509. The van der Waals surface area contributed by atoms with E-state index in [1.54, 1.807) is 4.40 Å². The molecule has 0 unspecified atom stereocenters. The quantitative estimate of drug-likeness (QED) is 0.917. The van der Waals surface area contributed by atoms with Gasteiger partial charge in [0.2, 0.25) is 0 Å². The molecule has 0 atom stereocenters. The van der Waals surface area contributed by atoms with E-state index in [0.717, 1.165) is 10.1 Å². The number of aliphatic carboxylic acids is 1. The zero-order valence-corrected chi connectivity index (χ0v) is 9.31. The predicted molar refractivity (Wildman–Crippen MR) is 56.6 cm³/mol. The molecule has 0 saturated heterocycles. The van der Waals surface area contributed by atoms with Crippen LogP contribution in [0.2, 0.25) is 0 Å². The predicted octanol–water partition coefficient (Wildman–Crippen LogP) is 1.51. The van der Waals surface area contributed by atoms with Crippen molar-refractivity contribution in [3.63, 3.8) is 0 Å². The van der Waals surface area contributed by atoms with Gasteiger partial charge in [-0.15, -0.1) is 10.2 Å². The van der Waals surface area contributed by atoms with Gasteiger partial charge in [-0.05, 0) is 28.1 Å². The molecule has 0 aliphatic heterocycles. The number of nitrogens with zero attached hydrogens (tertiary/aromatic N) is 3. The highest BCUT2D eigenvalue weighted by molar-refractivity contribution is 9.10. The first-order valence-corrected chi connectivity index (χ1v) is 5.17. The van der Waals surface area contributed by atoms with Crippen LogP contribution in [-0.2, 0) is 11.2 Å². The van der Waals surface area contributed by atoms with Crippen molar-refractivity contribution >= 4 is 27.5 Å². The summed E-state index contributed by atoms with van der Waals surface area (Å²) in [7, 11) is 0. The SMILES string of the molecule is O=C(O)CCc1nnc2ccc(Br)cn12. The molecule has 78 valence electrons. The van der Waals surface area contributed by atoms with Crippen LogP contribution in [0.4, 0.5) is 0 Å². The van der Waals surface area contributed by atoms with Crippen molar-refractivity contribution in [2.24, 2.45) is 0 Å². The third-order valence-electron chi connectivity index (χ3n) is 2.00. The van der Waals surface area contributed by atoms with Crippen LogP contribution < -0.4 is 0 Å². The highest BCUT2D eigenvalue weighted by Crippen LogP contribution is 2.12. The number of carboxylic acid groups (broad SMARTS) is 1. The molecule has 5 nitrogen and oxygen atoms in total. The van der Waals surface area contributed by atoms with Gasteiger partial charge in [0.05, 0.1) is 6.42 Å². The molecule has 0 spiro atoms. The Morgan fingerprint density at radius 2 is 2.27 bits per heavy atom. The first-order valence-electron chi connectivity index (χ1n) is 4.38. The highest BCUT2D eigenvalue weighted by Gasteiger charge is 2.07. The van der Waals surface area contributed by atoms with Gasteiger partial charge in [-0.1, -0.05) is 0 Å². The number of halogens is 1. The van der Waals surface area contributed by atoms with Gasteiger partial charge in [-0.25, -0.2) is 0 Å². The molecule has 0 saturated carbocycles. The number of hydrogen-bond acceptors (Lipinski definition) is 3. The van der Waals surface area contributed by atoms with Crippen LogP contribution in [0.5, 0.6) is 0 Å². The summed E-state index contributed by atoms with van der Waals surface area (Å²) in [4.78, 5) is 10.4. The molecule has 1 N–H and O–H groups in total. The van der Waals surface area contributed by atoms with Crippen LogP contribution in [-0.4, -0.2) is 25.7 Å². The van der Waals surface area contributed by atoms with E-state index in [1.807, 2.05) is 18.3 Å². The lowest BCUT2D eigenvalue weighted by molar-refractivity contribution is -0.137. The summed E-state index contributed by atoms with van der Waals surface area (Å²) in [5.41, 5.74) is 0.721. The molecule has 0 bridgehead atoms. The van der Waals surface area contributed by atoms with E-state index in [4.69, 9.17) is 5.11 Å². The van der Waals surface area contributed by atoms with E-state index in [-0.39, 0.29) is 6.42 Å². The Kier molecular flexibility index (Phi) is 2.68. The minimum Gasteiger partial charge on any atom is -0.481 e. The van der Waals surface area contributed by atoms with Gasteiger partial charge in [0, 0.05) is 17.1 Å². The Morgan fingerprint density at radius 1 is 1.47 bits per heavy atom. The number of fused-ring (bicyclic) bond motifs is 1. The lowest BCUT2D eigenvalue weighted by atomic mass is 10.3. The Balaban J connectivity index is 2.35. The number of carboxylic acids is 1. The fourth-order valence-electron chi connectivity index (χ4n) is 1.30. The summed E-state index contributed by atoms with van der Waals surface area (Å²) in [6.45, 7) is 0. The third-order valence-corrected chi connectivity index (χ3v) is 2.47. The summed E-state index contributed by atoms with van der Waals surface area (Å²) < 4.78 is 2.69. The number of pyridine rings is 1. The molecule has 0 aliphatic carbocycles. The van der Waals surface area contributed by atoms with E-state index in [1.165, 1.54) is 0 Å². The zero-order valence-electron chi connectivity index (χ0n) is 7.72. The summed E-state index contributed by atoms with van der Waals surface area (Å²) in [5.74, 6) is -0.171. The maximum absolute atomic E-state index is 10.4. The minimum absolute atomic E-state index is 0.0628. The number of hydrogen-bond donors (Lipinski definition) is 1. The molecule has 0 aliphatic rings. The largest absolute Gasteiger partial charge is 0.481 e. The van der Waals surface area contributed by atoms with Gasteiger partial charge in [-0.2, -0.15) is 0 Å². The van der Waals surface area contributed by atoms with Crippen LogP contribution in [0.3, 0.4) is 0 Å². The molecular formula is C9H8BrN3O2. The van der Waals surface area contributed by atoms with Crippen molar-refractivity contribution in [1.82, 2.24) is 14.6 Å². The highest BCUT2D eigenvalue weighted by atomic mass is 79.9. The standard InChI is InChI=1S/C9H8BrN3O2/c10-6-1-2-7-11-12-8(13(7)5-6)3-4-9(14)15/h1-2,5H,3-4H2,(H,14,15).